The fraction of sp³-hybridized carbons (Fsp3) is 0.286. The summed E-state index contributed by atoms with van der Waals surface area (Å²) in [5.74, 6) is 0. The van der Waals surface area contributed by atoms with Gasteiger partial charge in [0, 0.05) is 29.5 Å². The second-order valence-corrected chi connectivity index (χ2v) is 6.73. The first-order valence-corrected chi connectivity index (χ1v) is 7.52. The fourth-order valence-electron chi connectivity index (χ4n) is 2.36. The monoisotopic (exact) mass is 297 g/mol. The third kappa shape index (κ3) is 2.57. The van der Waals surface area contributed by atoms with Crippen molar-refractivity contribution in [2.24, 2.45) is 0 Å². The highest BCUT2D eigenvalue weighted by Gasteiger charge is 2.19. The Hall–Kier alpha value is -0.540. The molecular weight excluding hydrogens is 285 g/mol. The molecule has 0 aliphatic carbocycles. The Morgan fingerprint density at radius 3 is 2.89 bits per heavy atom. The molecule has 1 aliphatic rings. The van der Waals surface area contributed by atoms with E-state index in [1.54, 1.807) is 11.3 Å². The lowest BCUT2D eigenvalue weighted by Gasteiger charge is -2.27. The van der Waals surface area contributed by atoms with Gasteiger partial charge in [0.1, 0.15) is 0 Å². The van der Waals surface area contributed by atoms with Crippen LogP contribution < -0.4 is 0 Å². The van der Waals surface area contributed by atoms with Gasteiger partial charge in [-0.2, -0.15) is 0 Å². The quantitative estimate of drug-likeness (QED) is 0.782. The first kappa shape index (κ1) is 12.5. The Bertz CT molecular complexity index is 565. The first-order chi connectivity index (χ1) is 8.72. The Balaban J connectivity index is 1.75. The third-order valence-corrected chi connectivity index (χ3v) is 5.00. The van der Waals surface area contributed by atoms with E-state index >= 15 is 0 Å². The van der Waals surface area contributed by atoms with Crippen LogP contribution in [0, 0.1) is 0 Å². The molecule has 0 radical (unpaired) electrons. The number of halogens is 2. The Labute approximate surface area is 121 Å². The smallest absolute Gasteiger partial charge is 0.0934 e. The van der Waals surface area contributed by atoms with E-state index in [-0.39, 0.29) is 0 Å². The van der Waals surface area contributed by atoms with Crippen LogP contribution in [0.25, 0.3) is 0 Å². The van der Waals surface area contributed by atoms with Crippen LogP contribution in [-0.2, 0) is 19.5 Å². The Morgan fingerprint density at radius 2 is 2.06 bits per heavy atom. The first-order valence-electron chi connectivity index (χ1n) is 5.95. The highest BCUT2D eigenvalue weighted by Crippen LogP contribution is 2.32. The van der Waals surface area contributed by atoms with Gasteiger partial charge >= 0.3 is 0 Å². The molecule has 1 nitrogen and oxygen atoms in total. The average Bonchev–Trinajstić information content (AvgIpc) is 2.71. The van der Waals surface area contributed by atoms with Crippen molar-refractivity contribution in [2.45, 2.75) is 19.5 Å². The van der Waals surface area contributed by atoms with Crippen molar-refractivity contribution in [2.75, 3.05) is 6.54 Å². The predicted octanol–water partition coefficient (Wildman–Crippen LogP) is 4.61. The predicted molar refractivity (Wildman–Crippen MR) is 78.6 cm³/mol. The van der Waals surface area contributed by atoms with Gasteiger partial charge in [-0.05, 0) is 29.7 Å². The molecule has 0 saturated carbocycles. The molecule has 2 aromatic rings. The maximum absolute atomic E-state index is 6.20. The molecule has 0 fully saturated rings. The van der Waals surface area contributed by atoms with Gasteiger partial charge in [-0.25, -0.2) is 0 Å². The second kappa shape index (κ2) is 5.22. The minimum Gasteiger partial charge on any atom is -0.294 e. The summed E-state index contributed by atoms with van der Waals surface area (Å²) in [6, 6.07) is 10.2. The number of fused-ring (bicyclic) bond motifs is 1. The van der Waals surface area contributed by atoms with Crippen LogP contribution in [0.2, 0.25) is 9.36 Å². The molecule has 4 heteroatoms. The van der Waals surface area contributed by atoms with Gasteiger partial charge in [-0.15, -0.1) is 11.3 Å². The van der Waals surface area contributed by atoms with Crippen molar-refractivity contribution in [1.82, 2.24) is 4.90 Å². The van der Waals surface area contributed by atoms with Crippen molar-refractivity contribution in [3.8, 4) is 0 Å². The molecule has 0 spiro atoms. The van der Waals surface area contributed by atoms with Crippen molar-refractivity contribution in [3.63, 3.8) is 0 Å². The Morgan fingerprint density at radius 1 is 1.22 bits per heavy atom. The minimum absolute atomic E-state index is 0.853. The normalized spacial score (nSPS) is 15.7. The molecule has 18 heavy (non-hydrogen) atoms. The zero-order valence-electron chi connectivity index (χ0n) is 9.83. The summed E-state index contributed by atoms with van der Waals surface area (Å²) in [6.45, 7) is 2.96. The summed E-state index contributed by atoms with van der Waals surface area (Å²) in [4.78, 5) is 3.86. The van der Waals surface area contributed by atoms with Crippen LogP contribution in [0.5, 0.6) is 0 Å². The summed E-state index contributed by atoms with van der Waals surface area (Å²) in [5.41, 5.74) is 2.58. The lowest BCUT2D eigenvalue weighted by Crippen LogP contribution is -2.29. The molecule has 0 atom stereocenters. The highest BCUT2D eigenvalue weighted by atomic mass is 35.5. The maximum Gasteiger partial charge on any atom is 0.0934 e. The molecular formula is C14H13Cl2NS. The van der Waals surface area contributed by atoms with Crippen molar-refractivity contribution >= 4 is 34.5 Å². The van der Waals surface area contributed by atoms with Crippen molar-refractivity contribution in [3.05, 3.63) is 55.7 Å². The lowest BCUT2D eigenvalue weighted by atomic mass is 10.1. The van der Waals surface area contributed by atoms with E-state index in [0.717, 1.165) is 35.4 Å². The van der Waals surface area contributed by atoms with Gasteiger partial charge < -0.3 is 0 Å². The summed E-state index contributed by atoms with van der Waals surface area (Å²) in [6.07, 6.45) is 1.09. The molecule has 1 aliphatic heterocycles. The zero-order chi connectivity index (χ0) is 12.5. The summed E-state index contributed by atoms with van der Waals surface area (Å²) >= 11 is 14.0. The standard InChI is InChI=1S/C14H13Cl2NS/c15-12-4-2-1-3-10(12)8-17-6-5-13-11(9-17)7-14(16)18-13/h1-4,7H,5-6,8-9H2. The van der Waals surface area contributed by atoms with Gasteiger partial charge in [0.2, 0.25) is 0 Å². The van der Waals surface area contributed by atoms with E-state index in [1.165, 1.54) is 16.0 Å². The summed E-state index contributed by atoms with van der Waals surface area (Å²) in [5, 5.41) is 0.853. The van der Waals surface area contributed by atoms with Gasteiger partial charge in [0.05, 0.1) is 4.34 Å². The lowest BCUT2D eigenvalue weighted by molar-refractivity contribution is 0.247. The highest BCUT2D eigenvalue weighted by molar-refractivity contribution is 7.16. The molecule has 1 aromatic carbocycles. The third-order valence-electron chi connectivity index (χ3n) is 3.27. The van der Waals surface area contributed by atoms with Gasteiger partial charge in [0.25, 0.3) is 0 Å². The summed E-state index contributed by atoms with van der Waals surface area (Å²) < 4.78 is 0.902. The molecule has 1 aromatic heterocycles. The molecule has 0 saturated heterocycles. The van der Waals surface area contributed by atoms with Gasteiger partial charge in [-0.3, -0.25) is 4.90 Å². The molecule has 0 unspecified atom stereocenters. The SMILES string of the molecule is Clc1cc2c(s1)CCN(Cc1ccccc1Cl)C2. The van der Waals surface area contributed by atoms with E-state index in [9.17, 15) is 0 Å². The van der Waals surface area contributed by atoms with Gasteiger partial charge in [0.15, 0.2) is 0 Å². The Kier molecular flexibility index (Phi) is 3.62. The van der Waals surface area contributed by atoms with E-state index < -0.39 is 0 Å². The molecule has 0 bridgehead atoms. The molecule has 3 rings (SSSR count). The topological polar surface area (TPSA) is 3.24 Å². The van der Waals surface area contributed by atoms with Crippen LogP contribution >= 0.6 is 34.5 Å². The van der Waals surface area contributed by atoms with E-state index in [2.05, 4.69) is 17.0 Å². The van der Waals surface area contributed by atoms with Crippen LogP contribution in [0.15, 0.2) is 30.3 Å². The van der Waals surface area contributed by atoms with Crippen LogP contribution in [-0.4, -0.2) is 11.4 Å². The molecule has 94 valence electrons. The zero-order valence-corrected chi connectivity index (χ0v) is 12.2. The maximum atomic E-state index is 6.20. The van der Waals surface area contributed by atoms with Crippen LogP contribution in [0.3, 0.4) is 0 Å². The van der Waals surface area contributed by atoms with E-state index in [0.29, 0.717) is 0 Å². The van der Waals surface area contributed by atoms with Crippen molar-refractivity contribution < 1.29 is 0 Å². The summed E-state index contributed by atoms with van der Waals surface area (Å²) in [7, 11) is 0. The molecule has 2 heterocycles. The number of hydrogen-bond donors (Lipinski definition) is 0. The second-order valence-electron chi connectivity index (χ2n) is 4.55. The fourth-order valence-corrected chi connectivity index (χ4v) is 3.85. The largest absolute Gasteiger partial charge is 0.294 e. The number of rotatable bonds is 2. The van der Waals surface area contributed by atoms with Crippen LogP contribution in [0.1, 0.15) is 16.0 Å². The van der Waals surface area contributed by atoms with Crippen molar-refractivity contribution in [1.29, 1.82) is 0 Å². The van der Waals surface area contributed by atoms with Gasteiger partial charge in [-0.1, -0.05) is 41.4 Å². The number of nitrogens with zero attached hydrogens (tertiary/aromatic N) is 1. The average molecular weight is 298 g/mol. The van der Waals surface area contributed by atoms with Crippen LogP contribution in [0.4, 0.5) is 0 Å². The molecule has 0 amide bonds. The minimum atomic E-state index is 0.853. The number of hydrogen-bond acceptors (Lipinski definition) is 2. The molecule has 0 N–H and O–H groups in total. The van der Waals surface area contributed by atoms with E-state index in [4.69, 9.17) is 23.2 Å². The van der Waals surface area contributed by atoms with E-state index in [1.807, 2.05) is 18.2 Å². The number of thiophene rings is 1. The number of benzene rings is 1.